The molecule has 132 valence electrons. The van der Waals surface area contributed by atoms with E-state index >= 15 is 0 Å². The van der Waals surface area contributed by atoms with Gasteiger partial charge in [-0.15, -0.1) is 0 Å². The lowest BCUT2D eigenvalue weighted by Gasteiger charge is -2.43. The Balaban J connectivity index is 1.45. The predicted octanol–water partition coefficient (Wildman–Crippen LogP) is 2.41. The molecular weight excluding hydrogens is 326 g/mol. The molecular formula is C21H21N3O2. The maximum absolute atomic E-state index is 11.0. The van der Waals surface area contributed by atoms with Gasteiger partial charge in [-0.05, 0) is 37.3 Å². The van der Waals surface area contributed by atoms with E-state index < -0.39 is 5.97 Å². The van der Waals surface area contributed by atoms with E-state index in [9.17, 15) is 4.79 Å². The number of hydrogen-bond acceptors (Lipinski definition) is 4. The van der Waals surface area contributed by atoms with Crippen LogP contribution >= 0.6 is 0 Å². The highest BCUT2D eigenvalue weighted by Gasteiger charge is 2.38. The quantitative estimate of drug-likeness (QED) is 0.845. The molecule has 0 radical (unpaired) electrons. The molecule has 5 heteroatoms. The smallest absolute Gasteiger partial charge is 0.306 e. The normalized spacial score (nSPS) is 21.9. The molecule has 0 amide bonds. The summed E-state index contributed by atoms with van der Waals surface area (Å²) in [6, 6.07) is 8.41. The molecule has 1 saturated carbocycles. The van der Waals surface area contributed by atoms with Gasteiger partial charge in [-0.2, -0.15) is 0 Å². The predicted molar refractivity (Wildman–Crippen MR) is 97.5 cm³/mol. The Hall–Kier alpha value is -2.71. The highest BCUT2D eigenvalue weighted by atomic mass is 16.4. The zero-order valence-corrected chi connectivity index (χ0v) is 14.8. The summed E-state index contributed by atoms with van der Waals surface area (Å²) in [4.78, 5) is 22.4. The minimum absolute atomic E-state index is 0.170. The van der Waals surface area contributed by atoms with Gasteiger partial charge in [0.1, 0.15) is 0 Å². The summed E-state index contributed by atoms with van der Waals surface area (Å²) in [6.45, 7) is 3.77. The summed E-state index contributed by atoms with van der Waals surface area (Å²) in [6.07, 6.45) is 4.26. The summed E-state index contributed by atoms with van der Waals surface area (Å²) in [5, 5.41) is 9.04. The number of carboxylic acids is 1. The van der Waals surface area contributed by atoms with Crippen LogP contribution in [0.5, 0.6) is 0 Å². The molecule has 4 rings (SSSR count). The van der Waals surface area contributed by atoms with Crippen LogP contribution in [0.2, 0.25) is 0 Å². The summed E-state index contributed by atoms with van der Waals surface area (Å²) in [5.41, 5.74) is 4.35. The Kier molecular flexibility index (Phi) is 4.44. The van der Waals surface area contributed by atoms with Crippen LogP contribution in [-0.4, -0.2) is 38.5 Å². The maximum atomic E-state index is 11.0. The van der Waals surface area contributed by atoms with Crippen LogP contribution in [-0.2, 0) is 17.8 Å². The third-order valence-corrected chi connectivity index (χ3v) is 5.40. The molecule has 5 nitrogen and oxygen atoms in total. The Labute approximate surface area is 153 Å². The summed E-state index contributed by atoms with van der Waals surface area (Å²) < 4.78 is 0. The van der Waals surface area contributed by atoms with E-state index in [-0.39, 0.29) is 5.92 Å². The molecule has 1 aromatic carbocycles. The van der Waals surface area contributed by atoms with Gasteiger partial charge in [0.25, 0.3) is 0 Å². The van der Waals surface area contributed by atoms with E-state index in [0.717, 1.165) is 54.7 Å². The fraction of sp³-hybridized carbons (Fsp3) is 0.381. The van der Waals surface area contributed by atoms with E-state index in [1.54, 1.807) is 0 Å². The highest BCUT2D eigenvalue weighted by Crippen LogP contribution is 2.34. The summed E-state index contributed by atoms with van der Waals surface area (Å²) >= 11 is 0. The van der Waals surface area contributed by atoms with E-state index in [1.807, 2.05) is 37.4 Å². The molecule has 0 atom stereocenters. The molecule has 2 heterocycles. The number of fused-ring (bicyclic) bond motifs is 1. The molecule has 0 unspecified atom stereocenters. The number of carboxylic acid groups (broad SMARTS) is 1. The SMILES string of the molecule is Cc1ccccc1C#Cc1ncc2c(n1)CCN(C1CC(C(=O)O)C1)C2. The van der Waals surface area contributed by atoms with Crippen molar-refractivity contribution in [2.75, 3.05) is 6.54 Å². The molecule has 1 fully saturated rings. The lowest BCUT2D eigenvalue weighted by Crippen LogP contribution is -2.48. The van der Waals surface area contributed by atoms with Gasteiger partial charge in [0.05, 0.1) is 11.6 Å². The van der Waals surface area contributed by atoms with Crippen molar-refractivity contribution in [3.05, 3.63) is 58.7 Å². The van der Waals surface area contributed by atoms with Crippen molar-refractivity contribution in [3.8, 4) is 11.8 Å². The highest BCUT2D eigenvalue weighted by molar-refractivity contribution is 5.71. The Morgan fingerprint density at radius 2 is 2.08 bits per heavy atom. The number of rotatable bonds is 2. The van der Waals surface area contributed by atoms with E-state index in [0.29, 0.717) is 11.9 Å². The second-order valence-electron chi connectivity index (χ2n) is 7.11. The number of nitrogens with zero attached hydrogens (tertiary/aromatic N) is 3. The minimum Gasteiger partial charge on any atom is -0.481 e. The molecule has 26 heavy (non-hydrogen) atoms. The fourth-order valence-electron chi connectivity index (χ4n) is 3.63. The Morgan fingerprint density at radius 1 is 1.27 bits per heavy atom. The Bertz CT molecular complexity index is 907. The van der Waals surface area contributed by atoms with Crippen LogP contribution in [0.1, 0.15) is 41.1 Å². The lowest BCUT2D eigenvalue weighted by atomic mass is 9.78. The van der Waals surface area contributed by atoms with Crippen molar-refractivity contribution < 1.29 is 9.90 Å². The number of benzene rings is 1. The van der Waals surface area contributed by atoms with Crippen molar-refractivity contribution in [1.29, 1.82) is 0 Å². The van der Waals surface area contributed by atoms with Crippen molar-refractivity contribution in [3.63, 3.8) is 0 Å². The third-order valence-electron chi connectivity index (χ3n) is 5.40. The van der Waals surface area contributed by atoms with Crippen LogP contribution in [0, 0.1) is 24.7 Å². The van der Waals surface area contributed by atoms with Crippen LogP contribution in [0.15, 0.2) is 30.5 Å². The van der Waals surface area contributed by atoms with Gasteiger partial charge in [0.15, 0.2) is 0 Å². The number of aromatic nitrogens is 2. The second kappa shape index (κ2) is 6.89. The van der Waals surface area contributed by atoms with Gasteiger partial charge in [-0.1, -0.05) is 24.1 Å². The van der Waals surface area contributed by atoms with Crippen LogP contribution in [0.25, 0.3) is 0 Å². The van der Waals surface area contributed by atoms with Crippen molar-refractivity contribution in [1.82, 2.24) is 14.9 Å². The molecule has 0 bridgehead atoms. The lowest BCUT2D eigenvalue weighted by molar-refractivity contribution is -0.147. The first-order chi connectivity index (χ1) is 12.6. The largest absolute Gasteiger partial charge is 0.481 e. The average Bonchev–Trinajstić information content (AvgIpc) is 2.59. The van der Waals surface area contributed by atoms with Gasteiger partial charge in [0, 0.05) is 42.9 Å². The van der Waals surface area contributed by atoms with Gasteiger partial charge in [-0.3, -0.25) is 9.69 Å². The molecule has 1 aliphatic carbocycles. The average molecular weight is 347 g/mol. The molecule has 2 aliphatic rings. The molecule has 1 aromatic heterocycles. The summed E-state index contributed by atoms with van der Waals surface area (Å²) in [7, 11) is 0. The van der Waals surface area contributed by atoms with Crippen molar-refractivity contribution >= 4 is 5.97 Å². The zero-order valence-electron chi connectivity index (χ0n) is 14.8. The monoisotopic (exact) mass is 347 g/mol. The summed E-state index contributed by atoms with van der Waals surface area (Å²) in [5.74, 6) is 5.96. The number of carbonyl (C=O) groups is 1. The van der Waals surface area contributed by atoms with Gasteiger partial charge in [0.2, 0.25) is 5.82 Å². The van der Waals surface area contributed by atoms with Crippen LogP contribution in [0.3, 0.4) is 0 Å². The first-order valence-electron chi connectivity index (χ1n) is 8.99. The van der Waals surface area contributed by atoms with Crippen molar-refractivity contribution in [2.24, 2.45) is 5.92 Å². The number of hydrogen-bond donors (Lipinski definition) is 1. The van der Waals surface area contributed by atoms with Crippen molar-refractivity contribution in [2.45, 2.75) is 38.8 Å². The number of aliphatic carboxylic acids is 1. The molecule has 1 aliphatic heterocycles. The second-order valence-corrected chi connectivity index (χ2v) is 7.11. The topological polar surface area (TPSA) is 66.3 Å². The standard InChI is InChI=1S/C21H21N3O2/c1-14-4-2-3-5-15(14)6-7-20-22-12-17-13-24(9-8-19(17)23-20)18-10-16(11-18)21(25)26/h2-5,12,16,18H,8-11,13H2,1H3,(H,25,26). The minimum atomic E-state index is -0.668. The van der Waals surface area contributed by atoms with Crippen LogP contribution < -0.4 is 0 Å². The first-order valence-corrected chi connectivity index (χ1v) is 8.99. The number of aryl methyl sites for hydroxylation is 1. The maximum Gasteiger partial charge on any atom is 0.306 e. The van der Waals surface area contributed by atoms with Gasteiger partial charge in [-0.25, -0.2) is 9.97 Å². The van der Waals surface area contributed by atoms with Crippen LogP contribution in [0.4, 0.5) is 0 Å². The third kappa shape index (κ3) is 3.33. The molecule has 0 spiro atoms. The van der Waals surface area contributed by atoms with E-state index in [2.05, 4.69) is 26.7 Å². The van der Waals surface area contributed by atoms with E-state index in [4.69, 9.17) is 5.11 Å². The first kappa shape index (κ1) is 16.7. The van der Waals surface area contributed by atoms with Gasteiger partial charge >= 0.3 is 5.97 Å². The fourth-order valence-corrected chi connectivity index (χ4v) is 3.63. The molecule has 0 saturated heterocycles. The molecule has 1 N–H and O–H groups in total. The van der Waals surface area contributed by atoms with E-state index in [1.165, 1.54) is 0 Å². The Morgan fingerprint density at radius 3 is 2.85 bits per heavy atom. The zero-order chi connectivity index (χ0) is 18.1. The van der Waals surface area contributed by atoms with Gasteiger partial charge < -0.3 is 5.11 Å². The molecule has 2 aromatic rings.